The maximum absolute atomic E-state index is 9.97. The summed E-state index contributed by atoms with van der Waals surface area (Å²) < 4.78 is 9.97. The lowest BCUT2D eigenvalue weighted by Crippen LogP contribution is -1.66. The molecular weight excluding hydrogens is 132 g/mol. The minimum Gasteiger partial charge on any atom is -0.198 e. The van der Waals surface area contributed by atoms with Gasteiger partial charge in [0.1, 0.15) is 0 Å². The molecule has 1 unspecified atom stereocenters. The van der Waals surface area contributed by atoms with Crippen LogP contribution in [-0.4, -0.2) is 6.16 Å². The SMILES string of the molecule is N#CCC[P+](=O)Cl. The molecule has 0 aliphatic rings. The molecule has 0 N–H and O–H groups in total. The van der Waals surface area contributed by atoms with Crippen LogP contribution in [0, 0.1) is 11.3 Å². The lowest BCUT2D eigenvalue weighted by molar-refractivity contribution is 0.595. The van der Waals surface area contributed by atoms with Crippen LogP contribution in [0.25, 0.3) is 0 Å². The minimum atomic E-state index is -1.61. The first kappa shape index (κ1) is 6.88. The van der Waals surface area contributed by atoms with Gasteiger partial charge < -0.3 is 0 Å². The zero-order valence-electron chi connectivity index (χ0n) is 3.59. The second-order valence-electron chi connectivity index (χ2n) is 0.949. The summed E-state index contributed by atoms with van der Waals surface area (Å²) in [6.07, 6.45) is 0.603. The van der Waals surface area contributed by atoms with Gasteiger partial charge in [-0.3, -0.25) is 0 Å². The summed E-state index contributed by atoms with van der Waals surface area (Å²) in [5.41, 5.74) is 0. The molecule has 0 rings (SSSR count). The van der Waals surface area contributed by atoms with Crippen molar-refractivity contribution in [3.8, 4) is 6.07 Å². The largest absolute Gasteiger partial charge is 0.455 e. The normalized spacial score (nSPS) is 10.0. The third kappa shape index (κ3) is 5.88. The molecule has 0 aliphatic carbocycles. The highest BCUT2D eigenvalue weighted by atomic mass is 35.7. The van der Waals surface area contributed by atoms with E-state index in [1.54, 1.807) is 0 Å². The first-order valence-corrected chi connectivity index (χ1v) is 4.09. The van der Waals surface area contributed by atoms with Crippen LogP contribution in [0.15, 0.2) is 0 Å². The molecule has 0 bridgehead atoms. The van der Waals surface area contributed by atoms with Crippen molar-refractivity contribution < 1.29 is 4.57 Å². The molecule has 0 aromatic carbocycles. The third-order valence-corrected chi connectivity index (χ3v) is 1.48. The van der Waals surface area contributed by atoms with E-state index >= 15 is 0 Å². The third-order valence-electron chi connectivity index (χ3n) is 0.399. The predicted molar refractivity (Wildman–Crippen MR) is 28.6 cm³/mol. The zero-order chi connectivity index (χ0) is 5.70. The number of halogens is 1. The van der Waals surface area contributed by atoms with Crippen molar-refractivity contribution in [2.75, 3.05) is 6.16 Å². The first-order chi connectivity index (χ1) is 3.27. The van der Waals surface area contributed by atoms with Crippen molar-refractivity contribution in [1.29, 1.82) is 5.26 Å². The maximum atomic E-state index is 9.97. The minimum absolute atomic E-state index is 0.290. The van der Waals surface area contributed by atoms with Crippen molar-refractivity contribution in [3.63, 3.8) is 0 Å². The molecule has 0 amide bonds. The molecule has 0 heterocycles. The molecule has 0 saturated carbocycles. The second-order valence-corrected chi connectivity index (χ2v) is 3.16. The smallest absolute Gasteiger partial charge is 0.198 e. The Kier molecular flexibility index (Phi) is 3.98. The maximum Gasteiger partial charge on any atom is 0.455 e. The van der Waals surface area contributed by atoms with Crippen LogP contribution in [0.3, 0.4) is 0 Å². The predicted octanol–water partition coefficient (Wildman–Crippen LogP) is 1.88. The van der Waals surface area contributed by atoms with E-state index in [2.05, 4.69) is 0 Å². The highest BCUT2D eigenvalue weighted by Gasteiger charge is 2.07. The fourth-order valence-corrected chi connectivity index (χ4v) is 0.667. The van der Waals surface area contributed by atoms with Crippen LogP contribution in [0.1, 0.15) is 6.42 Å². The summed E-state index contributed by atoms with van der Waals surface area (Å²) in [6, 6.07) is 1.83. The van der Waals surface area contributed by atoms with Gasteiger partial charge in [-0.25, -0.2) is 0 Å². The molecule has 7 heavy (non-hydrogen) atoms. The number of rotatable bonds is 2. The van der Waals surface area contributed by atoms with Gasteiger partial charge in [-0.05, 0) is 0 Å². The van der Waals surface area contributed by atoms with Crippen molar-refractivity contribution in [2.45, 2.75) is 6.42 Å². The van der Waals surface area contributed by atoms with E-state index in [-0.39, 0.29) is 0 Å². The Bertz CT molecular complexity index is 108. The van der Waals surface area contributed by atoms with E-state index in [0.717, 1.165) is 0 Å². The molecule has 0 radical (unpaired) electrons. The van der Waals surface area contributed by atoms with Gasteiger partial charge in [-0.2, -0.15) is 5.26 Å². The molecule has 4 heteroatoms. The van der Waals surface area contributed by atoms with Crippen LogP contribution in [0.2, 0.25) is 0 Å². The Morgan fingerprint density at radius 3 is 2.57 bits per heavy atom. The number of nitriles is 1. The standard InChI is InChI=1S/C3H4ClNOP/c4-7(6)3-1-2-5/h1,3H2/q+1. The summed E-state index contributed by atoms with van der Waals surface area (Å²) >= 11 is 5.01. The lowest BCUT2D eigenvalue weighted by atomic mass is 10.6. The highest BCUT2D eigenvalue weighted by molar-refractivity contribution is 7.73. The van der Waals surface area contributed by atoms with Crippen molar-refractivity contribution in [1.82, 2.24) is 0 Å². The molecule has 0 aromatic rings. The second kappa shape index (κ2) is 4.05. The molecule has 0 aromatic heterocycles. The topological polar surface area (TPSA) is 40.9 Å². The van der Waals surface area contributed by atoms with Gasteiger partial charge in [0.25, 0.3) is 0 Å². The molecule has 38 valence electrons. The van der Waals surface area contributed by atoms with Crippen LogP contribution < -0.4 is 0 Å². The molecule has 2 nitrogen and oxygen atoms in total. The van der Waals surface area contributed by atoms with Gasteiger partial charge in [0.15, 0.2) is 6.16 Å². The van der Waals surface area contributed by atoms with E-state index in [9.17, 15) is 4.57 Å². The van der Waals surface area contributed by atoms with Crippen molar-refractivity contribution >= 4 is 18.4 Å². The van der Waals surface area contributed by atoms with Crippen molar-refractivity contribution in [2.24, 2.45) is 0 Å². The zero-order valence-corrected chi connectivity index (χ0v) is 5.25. The van der Waals surface area contributed by atoms with E-state index in [1.807, 2.05) is 6.07 Å². The Morgan fingerprint density at radius 2 is 2.43 bits per heavy atom. The number of hydrogen-bond acceptors (Lipinski definition) is 2. The van der Waals surface area contributed by atoms with Crippen molar-refractivity contribution in [3.05, 3.63) is 0 Å². The quantitative estimate of drug-likeness (QED) is 0.544. The van der Waals surface area contributed by atoms with Crippen LogP contribution in [0.4, 0.5) is 0 Å². The molecule has 0 saturated heterocycles. The van der Waals surface area contributed by atoms with Crippen LogP contribution in [-0.2, 0) is 4.57 Å². The number of hydrogen-bond donors (Lipinski definition) is 0. The fraction of sp³-hybridized carbons (Fsp3) is 0.667. The van der Waals surface area contributed by atoms with Gasteiger partial charge >= 0.3 is 7.15 Å². The average molecular weight is 136 g/mol. The van der Waals surface area contributed by atoms with Crippen LogP contribution in [0.5, 0.6) is 0 Å². The average Bonchev–Trinajstić information content (AvgIpc) is 1.61. The summed E-state index contributed by atoms with van der Waals surface area (Å²) in [6.45, 7) is 0. The molecule has 1 atom stereocenters. The molecule has 0 spiro atoms. The Morgan fingerprint density at radius 1 is 1.86 bits per heavy atom. The van der Waals surface area contributed by atoms with E-state index in [0.29, 0.717) is 12.6 Å². The monoisotopic (exact) mass is 136 g/mol. The molecular formula is C3H4ClNOP+. The molecule has 0 aliphatic heterocycles. The van der Waals surface area contributed by atoms with E-state index in [1.165, 1.54) is 0 Å². The summed E-state index contributed by atoms with van der Waals surface area (Å²) in [7, 11) is -1.61. The highest BCUT2D eigenvalue weighted by Crippen LogP contribution is 2.26. The van der Waals surface area contributed by atoms with Gasteiger partial charge in [-0.1, -0.05) is 4.57 Å². The van der Waals surface area contributed by atoms with E-state index < -0.39 is 7.15 Å². The van der Waals surface area contributed by atoms with Gasteiger partial charge in [0.05, 0.1) is 12.5 Å². The van der Waals surface area contributed by atoms with Gasteiger partial charge in [0.2, 0.25) is 11.2 Å². The van der Waals surface area contributed by atoms with E-state index in [4.69, 9.17) is 16.5 Å². The summed E-state index contributed by atoms with van der Waals surface area (Å²) in [4.78, 5) is 0. The summed E-state index contributed by atoms with van der Waals surface area (Å²) in [5, 5.41) is 7.88. The van der Waals surface area contributed by atoms with Crippen LogP contribution >= 0.6 is 18.4 Å². The molecule has 0 fully saturated rings. The summed E-state index contributed by atoms with van der Waals surface area (Å²) in [5.74, 6) is 0. The Hall–Kier alpha value is -0.120. The first-order valence-electron chi connectivity index (χ1n) is 1.74. The number of nitrogens with zero attached hydrogens (tertiary/aromatic N) is 1. The Labute approximate surface area is 47.7 Å². The fourth-order valence-electron chi connectivity index (χ4n) is 0.138. The lowest BCUT2D eigenvalue weighted by Gasteiger charge is -1.62. The Balaban J connectivity index is 3.02. The van der Waals surface area contributed by atoms with Gasteiger partial charge in [-0.15, -0.1) is 0 Å². The van der Waals surface area contributed by atoms with Gasteiger partial charge in [0, 0.05) is 0 Å².